The van der Waals surface area contributed by atoms with E-state index in [9.17, 15) is 4.79 Å². The van der Waals surface area contributed by atoms with Gasteiger partial charge >= 0.3 is 0 Å². The van der Waals surface area contributed by atoms with E-state index in [0.29, 0.717) is 5.57 Å². The molecule has 2 atom stereocenters. The quantitative estimate of drug-likeness (QED) is 0.472. The van der Waals surface area contributed by atoms with E-state index in [-0.39, 0.29) is 12.1 Å². The molecule has 3 nitrogen and oxygen atoms in total. The van der Waals surface area contributed by atoms with Crippen LogP contribution in [0.2, 0.25) is 0 Å². The van der Waals surface area contributed by atoms with Crippen LogP contribution in [0.5, 0.6) is 0 Å². The van der Waals surface area contributed by atoms with Crippen LogP contribution in [-0.4, -0.2) is 18.4 Å². The zero-order chi connectivity index (χ0) is 7.56. The van der Waals surface area contributed by atoms with E-state index in [1.165, 1.54) is 0 Å². The summed E-state index contributed by atoms with van der Waals surface area (Å²) in [7, 11) is 0. The van der Waals surface area contributed by atoms with E-state index < -0.39 is 0 Å². The molecule has 0 aromatic heterocycles. The minimum atomic E-state index is -0.331. The summed E-state index contributed by atoms with van der Waals surface area (Å²) in [5.74, 6) is 0. The molecular formula is C7H10N2O. The molecule has 0 spiro atoms. The molecule has 3 heteroatoms. The van der Waals surface area contributed by atoms with Crippen molar-refractivity contribution in [2.24, 2.45) is 11.5 Å². The maximum atomic E-state index is 10.3. The lowest BCUT2D eigenvalue weighted by molar-refractivity contribution is -0.105. The molecule has 0 bridgehead atoms. The summed E-state index contributed by atoms with van der Waals surface area (Å²) in [4.78, 5) is 10.3. The Kier molecular flexibility index (Phi) is 1.99. The topological polar surface area (TPSA) is 69.1 Å². The molecule has 0 saturated heterocycles. The number of carbonyl (C=O) groups is 1. The molecular weight excluding hydrogens is 128 g/mol. The van der Waals surface area contributed by atoms with Crippen molar-refractivity contribution in [3.05, 3.63) is 23.8 Å². The van der Waals surface area contributed by atoms with Crippen LogP contribution in [-0.2, 0) is 4.79 Å². The Morgan fingerprint density at radius 3 is 2.70 bits per heavy atom. The number of hydrogen-bond donors (Lipinski definition) is 2. The van der Waals surface area contributed by atoms with Crippen LogP contribution in [0, 0.1) is 0 Å². The van der Waals surface area contributed by atoms with Gasteiger partial charge in [0.2, 0.25) is 0 Å². The fourth-order valence-corrected chi connectivity index (χ4v) is 0.866. The fourth-order valence-electron chi connectivity index (χ4n) is 0.866. The second-order valence-corrected chi connectivity index (χ2v) is 2.27. The first-order valence-corrected chi connectivity index (χ1v) is 3.10. The predicted octanol–water partition coefficient (Wildman–Crippen LogP) is -0.664. The SMILES string of the molecule is NC1C=CC=C(C=O)C1N. The van der Waals surface area contributed by atoms with E-state index in [1.807, 2.05) is 0 Å². The first kappa shape index (κ1) is 7.18. The van der Waals surface area contributed by atoms with Gasteiger partial charge in [-0.25, -0.2) is 0 Å². The smallest absolute Gasteiger partial charge is 0.147 e. The van der Waals surface area contributed by atoms with Gasteiger partial charge in [0, 0.05) is 11.6 Å². The molecule has 0 aromatic carbocycles. The van der Waals surface area contributed by atoms with E-state index >= 15 is 0 Å². The van der Waals surface area contributed by atoms with Gasteiger partial charge < -0.3 is 11.5 Å². The summed E-state index contributed by atoms with van der Waals surface area (Å²) < 4.78 is 0. The zero-order valence-electron chi connectivity index (χ0n) is 5.53. The Labute approximate surface area is 59.4 Å². The van der Waals surface area contributed by atoms with E-state index in [0.717, 1.165) is 6.29 Å². The predicted molar refractivity (Wildman–Crippen MR) is 39.2 cm³/mol. The molecule has 0 aliphatic heterocycles. The maximum Gasteiger partial charge on any atom is 0.147 e. The molecule has 4 N–H and O–H groups in total. The molecule has 54 valence electrons. The van der Waals surface area contributed by atoms with Crippen LogP contribution in [0.4, 0.5) is 0 Å². The normalized spacial score (nSPS) is 31.6. The highest BCUT2D eigenvalue weighted by Gasteiger charge is 2.16. The highest BCUT2D eigenvalue weighted by Crippen LogP contribution is 2.06. The highest BCUT2D eigenvalue weighted by atomic mass is 16.1. The van der Waals surface area contributed by atoms with Gasteiger partial charge in [0.25, 0.3) is 0 Å². The molecule has 1 aliphatic rings. The Morgan fingerprint density at radius 2 is 2.20 bits per heavy atom. The molecule has 1 aliphatic carbocycles. The minimum Gasteiger partial charge on any atom is -0.323 e. The summed E-state index contributed by atoms with van der Waals surface area (Å²) in [6.07, 6.45) is 5.95. The van der Waals surface area contributed by atoms with Crippen LogP contribution >= 0.6 is 0 Å². The largest absolute Gasteiger partial charge is 0.323 e. The van der Waals surface area contributed by atoms with Crippen LogP contribution in [0.3, 0.4) is 0 Å². The molecule has 0 heterocycles. The molecule has 10 heavy (non-hydrogen) atoms. The average Bonchev–Trinajstić information content (AvgIpc) is 1.95. The van der Waals surface area contributed by atoms with Gasteiger partial charge in [-0.3, -0.25) is 4.79 Å². The van der Waals surface area contributed by atoms with Gasteiger partial charge in [0.15, 0.2) is 0 Å². The molecule has 0 amide bonds. The van der Waals surface area contributed by atoms with Crippen LogP contribution in [0.25, 0.3) is 0 Å². The second-order valence-electron chi connectivity index (χ2n) is 2.27. The third kappa shape index (κ3) is 1.15. The Hall–Kier alpha value is -0.930. The van der Waals surface area contributed by atoms with Crippen LogP contribution in [0.15, 0.2) is 23.8 Å². The molecule has 2 unspecified atom stereocenters. The van der Waals surface area contributed by atoms with Crippen molar-refractivity contribution in [3.8, 4) is 0 Å². The van der Waals surface area contributed by atoms with Crippen molar-refractivity contribution in [1.29, 1.82) is 0 Å². The van der Waals surface area contributed by atoms with Gasteiger partial charge in [0.1, 0.15) is 6.29 Å². The van der Waals surface area contributed by atoms with Gasteiger partial charge in [-0.05, 0) is 0 Å². The summed E-state index contributed by atoms with van der Waals surface area (Å²) in [6, 6.07) is -0.548. The van der Waals surface area contributed by atoms with Crippen LogP contribution < -0.4 is 11.5 Å². The van der Waals surface area contributed by atoms with E-state index in [4.69, 9.17) is 11.5 Å². The average molecular weight is 138 g/mol. The highest BCUT2D eigenvalue weighted by molar-refractivity contribution is 5.76. The lowest BCUT2D eigenvalue weighted by Crippen LogP contribution is -2.42. The monoisotopic (exact) mass is 138 g/mol. The number of hydrogen-bond acceptors (Lipinski definition) is 3. The lowest BCUT2D eigenvalue weighted by atomic mass is 9.97. The summed E-state index contributed by atoms with van der Waals surface area (Å²) in [5.41, 5.74) is 11.7. The third-order valence-electron chi connectivity index (χ3n) is 1.56. The maximum absolute atomic E-state index is 10.3. The number of carbonyl (C=O) groups excluding carboxylic acids is 1. The van der Waals surface area contributed by atoms with Gasteiger partial charge in [0.05, 0.1) is 6.04 Å². The molecule has 0 radical (unpaired) electrons. The molecule has 1 rings (SSSR count). The summed E-state index contributed by atoms with van der Waals surface area (Å²) in [6.45, 7) is 0. The number of rotatable bonds is 1. The first-order chi connectivity index (χ1) is 4.75. The standard InChI is InChI=1S/C7H10N2O/c8-6-3-1-2-5(4-10)7(6)9/h1-4,6-7H,8-9H2. The number of allylic oxidation sites excluding steroid dienone is 2. The molecule has 0 saturated carbocycles. The number of aldehydes is 1. The van der Waals surface area contributed by atoms with Crippen molar-refractivity contribution >= 4 is 6.29 Å². The van der Waals surface area contributed by atoms with E-state index in [2.05, 4.69) is 0 Å². The van der Waals surface area contributed by atoms with Crippen molar-refractivity contribution in [2.45, 2.75) is 12.1 Å². The third-order valence-corrected chi connectivity index (χ3v) is 1.56. The number of nitrogens with two attached hydrogens (primary N) is 2. The second kappa shape index (κ2) is 2.77. The summed E-state index contributed by atoms with van der Waals surface area (Å²) >= 11 is 0. The van der Waals surface area contributed by atoms with Crippen molar-refractivity contribution in [1.82, 2.24) is 0 Å². The van der Waals surface area contributed by atoms with Crippen molar-refractivity contribution in [3.63, 3.8) is 0 Å². The van der Waals surface area contributed by atoms with Crippen LogP contribution in [0.1, 0.15) is 0 Å². The van der Waals surface area contributed by atoms with Gasteiger partial charge in [-0.15, -0.1) is 0 Å². The first-order valence-electron chi connectivity index (χ1n) is 3.10. The Bertz CT molecular complexity index is 196. The van der Waals surface area contributed by atoms with Crippen molar-refractivity contribution in [2.75, 3.05) is 0 Å². The molecule has 0 fully saturated rings. The summed E-state index contributed by atoms with van der Waals surface area (Å²) in [5, 5.41) is 0. The van der Waals surface area contributed by atoms with Crippen molar-refractivity contribution < 1.29 is 4.79 Å². The molecule has 0 aromatic rings. The van der Waals surface area contributed by atoms with Gasteiger partial charge in [-0.1, -0.05) is 18.2 Å². The Morgan fingerprint density at radius 1 is 1.50 bits per heavy atom. The van der Waals surface area contributed by atoms with E-state index in [1.54, 1.807) is 18.2 Å². The Balaban J connectivity index is 2.81. The fraction of sp³-hybridized carbons (Fsp3) is 0.286. The lowest BCUT2D eigenvalue weighted by Gasteiger charge is -2.18. The van der Waals surface area contributed by atoms with Gasteiger partial charge in [-0.2, -0.15) is 0 Å². The minimum absolute atomic E-state index is 0.217. The zero-order valence-corrected chi connectivity index (χ0v) is 5.53.